The van der Waals surface area contributed by atoms with E-state index in [4.69, 9.17) is 9.90 Å². The van der Waals surface area contributed by atoms with E-state index in [1.807, 2.05) is 71.6 Å². The molecule has 0 spiro atoms. The summed E-state index contributed by atoms with van der Waals surface area (Å²) in [6.07, 6.45) is 0. The predicted octanol–water partition coefficient (Wildman–Crippen LogP) is 14.6. The number of anilines is 3. The molecule has 52 heavy (non-hydrogen) atoms. The normalized spacial score (nSPS) is 15.2. The second-order valence-electron chi connectivity index (χ2n) is 14.0. The smallest absolute Gasteiger partial charge is 0.137 e. The van der Waals surface area contributed by atoms with Crippen molar-refractivity contribution in [1.82, 2.24) is 0 Å². The molecule has 11 rings (SSSR count). The molecule has 0 saturated carbocycles. The number of thiophene rings is 1. The lowest BCUT2D eigenvalue weighted by Gasteiger charge is -2.29. The Morgan fingerprint density at radius 1 is 0.558 bits per heavy atom. The number of fused-ring (bicyclic) bond motifs is 10. The molecule has 0 aliphatic heterocycles. The van der Waals surface area contributed by atoms with Crippen molar-refractivity contribution in [1.29, 1.82) is 0 Å². The summed E-state index contributed by atoms with van der Waals surface area (Å²) in [4.78, 5) is 1.96. The summed E-state index contributed by atoms with van der Waals surface area (Å²) in [5.74, 6) is 0. The van der Waals surface area contributed by atoms with Crippen LogP contribution in [0.15, 0.2) is 168 Å². The van der Waals surface area contributed by atoms with Gasteiger partial charge in [0.15, 0.2) is 0 Å². The Bertz CT molecular complexity index is 3470. The minimum Gasteiger partial charge on any atom is -0.456 e. The monoisotopic (exact) mass is 690 g/mol. The Kier molecular flexibility index (Phi) is 4.90. The van der Waals surface area contributed by atoms with Gasteiger partial charge in [-0.15, -0.1) is 11.3 Å². The first kappa shape index (κ1) is 23.3. The van der Waals surface area contributed by atoms with E-state index >= 15 is 0 Å². The second kappa shape index (κ2) is 10.9. The van der Waals surface area contributed by atoms with Gasteiger partial charge < -0.3 is 9.32 Å². The van der Waals surface area contributed by atoms with Crippen LogP contribution in [0.4, 0.5) is 17.1 Å². The molecule has 0 bridgehead atoms. The maximum Gasteiger partial charge on any atom is 0.137 e. The maximum atomic E-state index is 9.79. The van der Waals surface area contributed by atoms with Gasteiger partial charge in [0.2, 0.25) is 0 Å². The summed E-state index contributed by atoms with van der Waals surface area (Å²) < 4.78 is 71.1. The molecule has 0 amide bonds. The molecule has 3 heteroatoms. The molecule has 0 saturated heterocycles. The van der Waals surface area contributed by atoms with Gasteiger partial charge in [0, 0.05) is 36.7 Å². The lowest BCUT2D eigenvalue weighted by atomic mass is 9.82. The molecular weight excluding hydrogens is 651 g/mol. The molecular formula is C49H33NOS. The van der Waals surface area contributed by atoms with Crippen molar-refractivity contribution in [3.05, 3.63) is 175 Å². The van der Waals surface area contributed by atoms with Crippen molar-refractivity contribution in [2.75, 3.05) is 4.90 Å². The third-order valence-corrected chi connectivity index (χ3v) is 11.9. The van der Waals surface area contributed by atoms with Crippen molar-refractivity contribution in [3.63, 3.8) is 0 Å². The van der Waals surface area contributed by atoms with Gasteiger partial charge in [-0.25, -0.2) is 0 Å². The number of benzene rings is 8. The van der Waals surface area contributed by atoms with Crippen LogP contribution in [-0.4, -0.2) is 0 Å². The van der Waals surface area contributed by atoms with Crippen LogP contribution in [0.25, 0.3) is 75.1 Å². The summed E-state index contributed by atoms with van der Waals surface area (Å²) in [5, 5.41) is 4.39. The molecule has 0 unspecified atom stereocenters. The first-order valence-electron chi connectivity index (χ1n) is 20.9. The highest BCUT2D eigenvalue weighted by molar-refractivity contribution is 7.26. The number of furan rings is 1. The molecule has 0 fully saturated rings. The lowest BCUT2D eigenvalue weighted by Crippen LogP contribution is -2.16. The van der Waals surface area contributed by atoms with Crippen LogP contribution in [0, 0.1) is 0 Å². The van der Waals surface area contributed by atoms with E-state index in [1.54, 1.807) is 0 Å². The van der Waals surface area contributed by atoms with Crippen molar-refractivity contribution in [3.8, 4) is 22.3 Å². The fourth-order valence-corrected chi connectivity index (χ4v) is 9.40. The molecule has 1 aliphatic rings. The summed E-state index contributed by atoms with van der Waals surface area (Å²) in [6, 6.07) is 39.3. The van der Waals surface area contributed by atoms with Gasteiger partial charge in [-0.3, -0.25) is 0 Å². The minimum absolute atomic E-state index is 0.103. The van der Waals surface area contributed by atoms with Crippen molar-refractivity contribution < 1.29 is 14.0 Å². The zero-order valence-electron chi connectivity index (χ0n) is 35.3. The Morgan fingerprint density at radius 2 is 1.37 bits per heavy atom. The van der Waals surface area contributed by atoms with E-state index in [9.17, 15) is 4.11 Å². The molecule has 1 aliphatic carbocycles. The van der Waals surface area contributed by atoms with Crippen LogP contribution in [0.2, 0.25) is 0 Å². The predicted molar refractivity (Wildman–Crippen MR) is 222 cm³/mol. The molecule has 0 radical (unpaired) electrons. The molecule has 10 aromatic rings. The highest BCUT2D eigenvalue weighted by Gasteiger charge is 2.36. The van der Waals surface area contributed by atoms with E-state index < -0.39 is 0 Å². The van der Waals surface area contributed by atoms with Gasteiger partial charge in [0.25, 0.3) is 0 Å². The quantitative estimate of drug-likeness (QED) is 0.183. The van der Waals surface area contributed by atoms with Crippen LogP contribution in [0.3, 0.4) is 0 Å². The fourth-order valence-electron chi connectivity index (χ4n) is 8.37. The fraction of sp³-hybridized carbons (Fsp3) is 0.0612. The molecule has 8 aromatic carbocycles. The Balaban J connectivity index is 1.28. The molecule has 2 heterocycles. The van der Waals surface area contributed by atoms with Gasteiger partial charge in [-0.2, -0.15) is 0 Å². The Labute approximate surface area is 315 Å². The van der Waals surface area contributed by atoms with E-state index in [1.165, 1.54) is 16.9 Å². The number of rotatable bonds is 4. The van der Waals surface area contributed by atoms with Crippen LogP contribution < -0.4 is 4.90 Å². The third kappa shape index (κ3) is 4.17. The van der Waals surface area contributed by atoms with Crippen molar-refractivity contribution in [2.45, 2.75) is 19.3 Å². The molecule has 0 N–H and O–H groups in total. The third-order valence-electron chi connectivity index (χ3n) is 10.8. The van der Waals surface area contributed by atoms with Crippen LogP contribution >= 0.6 is 11.3 Å². The van der Waals surface area contributed by atoms with E-state index in [-0.39, 0.29) is 53.3 Å². The number of hydrogen-bond acceptors (Lipinski definition) is 3. The van der Waals surface area contributed by atoms with E-state index in [0.717, 1.165) is 43.3 Å². The topological polar surface area (TPSA) is 16.4 Å². The van der Waals surface area contributed by atoms with Crippen LogP contribution in [0.5, 0.6) is 0 Å². The molecule has 2 nitrogen and oxygen atoms in total. The van der Waals surface area contributed by atoms with Gasteiger partial charge >= 0.3 is 0 Å². The lowest BCUT2D eigenvalue weighted by molar-refractivity contribution is 0.660. The van der Waals surface area contributed by atoms with Gasteiger partial charge in [-0.05, 0) is 98.7 Å². The van der Waals surface area contributed by atoms with Gasteiger partial charge in [-0.1, -0.05) is 123 Å². The molecule has 246 valence electrons. The summed E-state index contributed by atoms with van der Waals surface area (Å²) >= 11 is 1.31. The van der Waals surface area contributed by atoms with Crippen molar-refractivity contribution >= 4 is 81.3 Å². The van der Waals surface area contributed by atoms with Crippen LogP contribution in [0.1, 0.15) is 34.6 Å². The number of hydrogen-bond donors (Lipinski definition) is 0. The average molecular weight is 691 g/mol. The second-order valence-corrected chi connectivity index (χ2v) is 15.0. The summed E-state index contributed by atoms with van der Waals surface area (Å²) in [5.41, 5.74) is 8.48. The highest BCUT2D eigenvalue weighted by Crippen LogP contribution is 2.53. The molecule has 0 atom stereocenters. The van der Waals surface area contributed by atoms with E-state index in [2.05, 4.69) is 68.4 Å². The highest BCUT2D eigenvalue weighted by atomic mass is 32.1. The van der Waals surface area contributed by atoms with E-state index in [0.29, 0.717) is 48.9 Å². The first-order valence-corrected chi connectivity index (χ1v) is 18.2. The first-order chi connectivity index (χ1) is 28.5. The van der Waals surface area contributed by atoms with Gasteiger partial charge in [0.1, 0.15) is 11.2 Å². The summed E-state index contributed by atoms with van der Waals surface area (Å²) in [7, 11) is 0. The average Bonchev–Trinajstić information content (AvgIpc) is 3.91. The summed E-state index contributed by atoms with van der Waals surface area (Å²) in [6.45, 7) is 4.41. The SMILES string of the molecule is [2H]c1c([2H])c(N(c2ccc3c(c2)C(C)(C)c2ccccc2-3)c2cccc3sc4c([2H])c([2H])c([2H])c([2H])c4c23)c2c(oc3ccc(-c4cccc5ccccc45)cc32)c1[2H]. The Morgan fingerprint density at radius 3 is 2.33 bits per heavy atom. The largest absolute Gasteiger partial charge is 0.456 e. The maximum absolute atomic E-state index is 9.79. The number of nitrogens with zero attached hydrogens (tertiary/aromatic N) is 1. The zero-order valence-corrected chi connectivity index (χ0v) is 29.1. The molecule has 2 aromatic heterocycles. The minimum atomic E-state index is -0.367. The standard InChI is InChI=1S/C49H33NOS/c1-49(2)39-18-7-5-15-35(39)36-26-25-32(29-40(36)49)50(42-20-11-23-46-48(42)37-16-6-8-22-45(37)52-46)41-19-10-21-44-47(41)38-28-31(24-27-43(38)51-44)34-17-9-13-30-12-3-4-14-33(30)34/h3-29H,1-2H3/i6D,8D,10D,16D,19D,21D,22D. The Hall–Kier alpha value is -6.16. The van der Waals surface area contributed by atoms with Crippen molar-refractivity contribution in [2.24, 2.45) is 0 Å². The zero-order chi connectivity index (χ0) is 40.6. The van der Waals surface area contributed by atoms with Crippen LogP contribution in [-0.2, 0) is 5.41 Å². The van der Waals surface area contributed by atoms with Gasteiger partial charge in [0.05, 0.1) is 26.4 Å².